The Balaban J connectivity index is 1.64. The molecule has 0 aliphatic carbocycles. The van der Waals surface area contributed by atoms with E-state index in [0.717, 1.165) is 12.1 Å². The highest BCUT2D eigenvalue weighted by atomic mass is 32.2. The zero-order valence-electron chi connectivity index (χ0n) is 18.2. The molecule has 0 unspecified atom stereocenters. The van der Waals surface area contributed by atoms with Crippen LogP contribution < -0.4 is 9.47 Å². The number of rotatable bonds is 7. The molecule has 0 saturated carbocycles. The monoisotopic (exact) mass is 468 g/mol. The number of carbonyl (C=O) groups excluding carboxylic acids is 1. The highest BCUT2D eigenvalue weighted by Crippen LogP contribution is 2.32. The quantitative estimate of drug-likeness (QED) is 0.625. The maximum Gasteiger partial charge on any atom is 0.243 e. The van der Waals surface area contributed by atoms with Gasteiger partial charge in [0.15, 0.2) is 11.5 Å². The highest BCUT2D eigenvalue weighted by Gasteiger charge is 2.33. The summed E-state index contributed by atoms with van der Waals surface area (Å²) in [6.07, 6.45) is 0.698. The lowest BCUT2D eigenvalue weighted by Crippen LogP contribution is -2.43. The van der Waals surface area contributed by atoms with Gasteiger partial charge in [-0.05, 0) is 31.0 Å². The molecular formula is C22H26F2N2O5S. The minimum Gasteiger partial charge on any atom is -0.493 e. The minimum absolute atomic E-state index is 0.00903. The predicted molar refractivity (Wildman–Crippen MR) is 114 cm³/mol. The van der Waals surface area contributed by atoms with Crippen molar-refractivity contribution in [3.05, 3.63) is 53.6 Å². The third kappa shape index (κ3) is 5.02. The van der Waals surface area contributed by atoms with Crippen molar-refractivity contribution in [1.29, 1.82) is 0 Å². The number of carbonyl (C=O) groups is 1. The predicted octanol–water partition coefficient (Wildman–Crippen LogP) is 3.04. The zero-order valence-corrected chi connectivity index (χ0v) is 19.0. The second-order valence-corrected chi connectivity index (χ2v) is 9.56. The molecule has 3 rings (SSSR count). The van der Waals surface area contributed by atoms with Crippen molar-refractivity contribution < 1.29 is 31.5 Å². The summed E-state index contributed by atoms with van der Waals surface area (Å²) in [5, 5.41) is 0. The van der Waals surface area contributed by atoms with Gasteiger partial charge in [-0.15, -0.1) is 0 Å². The first-order valence-corrected chi connectivity index (χ1v) is 11.5. The summed E-state index contributed by atoms with van der Waals surface area (Å²) in [5.74, 6) is -1.22. The van der Waals surface area contributed by atoms with Crippen LogP contribution in [-0.2, 0) is 21.4 Å². The van der Waals surface area contributed by atoms with E-state index in [0.29, 0.717) is 24.3 Å². The molecule has 1 saturated heterocycles. The third-order valence-corrected chi connectivity index (χ3v) is 7.49. The van der Waals surface area contributed by atoms with Gasteiger partial charge in [0, 0.05) is 50.3 Å². The molecule has 2 aromatic rings. The second-order valence-electron chi connectivity index (χ2n) is 7.63. The molecule has 1 heterocycles. The van der Waals surface area contributed by atoms with Crippen molar-refractivity contribution >= 4 is 15.9 Å². The fraction of sp³-hybridized carbons (Fsp3) is 0.409. The van der Waals surface area contributed by atoms with E-state index in [1.54, 1.807) is 7.05 Å². The van der Waals surface area contributed by atoms with Gasteiger partial charge in [0.05, 0.1) is 19.1 Å². The molecule has 1 aliphatic rings. The van der Waals surface area contributed by atoms with Crippen molar-refractivity contribution in [3.63, 3.8) is 0 Å². The van der Waals surface area contributed by atoms with Crippen molar-refractivity contribution in [2.75, 3.05) is 34.4 Å². The van der Waals surface area contributed by atoms with E-state index >= 15 is 0 Å². The summed E-state index contributed by atoms with van der Waals surface area (Å²) < 4.78 is 64.7. The van der Waals surface area contributed by atoms with Crippen LogP contribution in [0.25, 0.3) is 0 Å². The highest BCUT2D eigenvalue weighted by molar-refractivity contribution is 7.89. The SMILES string of the molecule is COc1ccc(S(=O)(=O)N2CCC(C(=O)N(C)Cc3ccc(F)cc3F)CC2)cc1OC. The van der Waals surface area contributed by atoms with E-state index in [-0.39, 0.29) is 41.9 Å². The lowest BCUT2D eigenvalue weighted by Gasteiger charge is -2.32. The molecule has 1 fully saturated rings. The first kappa shape index (κ1) is 23.9. The van der Waals surface area contributed by atoms with Crippen molar-refractivity contribution in [3.8, 4) is 11.5 Å². The summed E-state index contributed by atoms with van der Waals surface area (Å²) >= 11 is 0. The molecule has 1 amide bonds. The molecule has 0 bridgehead atoms. The van der Waals surface area contributed by atoms with Crippen molar-refractivity contribution in [1.82, 2.24) is 9.21 Å². The Kier molecular flexibility index (Phi) is 7.35. The van der Waals surface area contributed by atoms with E-state index in [1.807, 2.05) is 0 Å². The van der Waals surface area contributed by atoms with Crippen LogP contribution in [0.15, 0.2) is 41.3 Å². The standard InChI is InChI=1S/C22H26F2N2O5S/c1-25(14-16-4-5-17(23)12-19(16)24)22(27)15-8-10-26(11-9-15)32(28,29)18-6-7-20(30-2)21(13-18)31-3/h4-7,12-13,15H,8-11,14H2,1-3H3. The summed E-state index contributed by atoms with van der Waals surface area (Å²) in [6.45, 7) is 0.382. The fourth-order valence-electron chi connectivity index (χ4n) is 3.76. The van der Waals surface area contributed by atoms with E-state index in [9.17, 15) is 22.0 Å². The smallest absolute Gasteiger partial charge is 0.243 e. The van der Waals surface area contributed by atoms with Gasteiger partial charge in [-0.3, -0.25) is 4.79 Å². The van der Waals surface area contributed by atoms with Gasteiger partial charge in [0.2, 0.25) is 15.9 Å². The summed E-state index contributed by atoms with van der Waals surface area (Å²) in [7, 11) is 0.692. The van der Waals surface area contributed by atoms with Gasteiger partial charge in [-0.25, -0.2) is 17.2 Å². The molecule has 0 radical (unpaired) electrons. The van der Waals surface area contributed by atoms with Crippen LogP contribution in [-0.4, -0.2) is 57.9 Å². The van der Waals surface area contributed by atoms with E-state index < -0.39 is 21.7 Å². The lowest BCUT2D eigenvalue weighted by molar-refractivity contribution is -0.136. The normalized spacial score (nSPS) is 15.4. The number of hydrogen-bond acceptors (Lipinski definition) is 5. The molecule has 0 spiro atoms. The molecule has 0 atom stereocenters. The number of methoxy groups -OCH3 is 2. The van der Waals surface area contributed by atoms with Crippen molar-refractivity contribution in [2.24, 2.45) is 5.92 Å². The summed E-state index contributed by atoms with van der Waals surface area (Å²) in [4.78, 5) is 14.3. The number of halogens is 2. The molecule has 1 aliphatic heterocycles. The van der Waals surface area contributed by atoms with Crippen LogP contribution >= 0.6 is 0 Å². The molecular weight excluding hydrogens is 442 g/mol. The number of benzene rings is 2. The maximum absolute atomic E-state index is 13.9. The largest absolute Gasteiger partial charge is 0.493 e. The van der Waals surface area contributed by atoms with Gasteiger partial charge in [0.1, 0.15) is 11.6 Å². The molecule has 10 heteroatoms. The van der Waals surface area contributed by atoms with Crippen LogP contribution in [0.4, 0.5) is 8.78 Å². The third-order valence-electron chi connectivity index (χ3n) is 5.59. The Morgan fingerprint density at radius 2 is 1.72 bits per heavy atom. The van der Waals surface area contributed by atoms with Crippen LogP contribution in [0.5, 0.6) is 11.5 Å². The summed E-state index contributed by atoms with van der Waals surface area (Å²) in [6, 6.07) is 7.65. The van der Waals surface area contributed by atoms with Crippen LogP contribution in [0, 0.1) is 17.6 Å². The number of amides is 1. The Bertz CT molecular complexity index is 1090. The Labute approximate surface area is 186 Å². The van der Waals surface area contributed by atoms with E-state index in [1.165, 1.54) is 47.7 Å². The maximum atomic E-state index is 13.9. The number of piperidine rings is 1. The second kappa shape index (κ2) is 9.83. The molecule has 32 heavy (non-hydrogen) atoms. The molecule has 7 nitrogen and oxygen atoms in total. The average Bonchev–Trinajstić information content (AvgIpc) is 2.79. The van der Waals surface area contributed by atoms with Crippen LogP contribution in [0.1, 0.15) is 18.4 Å². The fourth-order valence-corrected chi connectivity index (χ4v) is 5.25. The number of sulfonamides is 1. The summed E-state index contributed by atoms with van der Waals surface area (Å²) in [5.41, 5.74) is 0.218. The first-order valence-electron chi connectivity index (χ1n) is 10.1. The first-order chi connectivity index (χ1) is 15.2. The molecule has 0 aromatic heterocycles. The van der Waals surface area contributed by atoms with Gasteiger partial charge in [-0.2, -0.15) is 4.31 Å². The minimum atomic E-state index is -3.76. The number of hydrogen-bond donors (Lipinski definition) is 0. The molecule has 0 N–H and O–H groups in total. The Hall–Kier alpha value is -2.72. The van der Waals surface area contributed by atoms with Crippen LogP contribution in [0.2, 0.25) is 0 Å². The molecule has 2 aromatic carbocycles. The molecule has 174 valence electrons. The van der Waals surface area contributed by atoms with E-state index in [2.05, 4.69) is 0 Å². The van der Waals surface area contributed by atoms with Crippen molar-refractivity contribution in [2.45, 2.75) is 24.3 Å². The van der Waals surface area contributed by atoms with Gasteiger partial charge in [0.25, 0.3) is 0 Å². The number of ether oxygens (including phenoxy) is 2. The van der Waals surface area contributed by atoms with Gasteiger partial charge >= 0.3 is 0 Å². The topological polar surface area (TPSA) is 76.2 Å². The lowest BCUT2D eigenvalue weighted by atomic mass is 9.96. The van der Waals surface area contributed by atoms with E-state index in [4.69, 9.17) is 9.47 Å². The number of nitrogens with zero attached hydrogens (tertiary/aromatic N) is 2. The zero-order chi connectivity index (χ0) is 23.5. The van der Waals surface area contributed by atoms with Crippen LogP contribution in [0.3, 0.4) is 0 Å². The average molecular weight is 469 g/mol. The van der Waals surface area contributed by atoms with Gasteiger partial charge < -0.3 is 14.4 Å². The van der Waals surface area contributed by atoms with Gasteiger partial charge in [-0.1, -0.05) is 6.07 Å². The Morgan fingerprint density at radius 1 is 1.06 bits per heavy atom. The Morgan fingerprint density at radius 3 is 2.31 bits per heavy atom.